The molecule has 6 nitrogen and oxygen atoms in total. The minimum absolute atomic E-state index is 0.00282. The summed E-state index contributed by atoms with van der Waals surface area (Å²) in [5, 5.41) is 10.4. The molecule has 0 unspecified atom stereocenters. The van der Waals surface area contributed by atoms with Crippen molar-refractivity contribution in [3.05, 3.63) is 35.4 Å². The van der Waals surface area contributed by atoms with Crippen LogP contribution in [0, 0.1) is 11.6 Å². The molecule has 0 atom stereocenters. The number of amides is 1. The van der Waals surface area contributed by atoms with Crippen LogP contribution >= 0.6 is 0 Å². The molecule has 0 saturated heterocycles. The van der Waals surface area contributed by atoms with Crippen molar-refractivity contribution in [1.82, 2.24) is 14.8 Å². The summed E-state index contributed by atoms with van der Waals surface area (Å²) in [5.74, 6) is -1.50. The van der Waals surface area contributed by atoms with E-state index in [1.54, 1.807) is 0 Å². The quantitative estimate of drug-likeness (QED) is 0.932. The first-order chi connectivity index (χ1) is 11.6. The highest BCUT2D eigenvalue weighted by Crippen LogP contribution is 2.26. The van der Waals surface area contributed by atoms with Crippen LogP contribution in [0.2, 0.25) is 0 Å². The van der Waals surface area contributed by atoms with Crippen molar-refractivity contribution in [3.8, 4) is 5.75 Å². The number of hydrogen-bond donors (Lipinski definition) is 1. The molecule has 1 aliphatic heterocycles. The smallest absolute Gasteiger partial charge is 0.221 e. The van der Waals surface area contributed by atoms with Gasteiger partial charge < -0.3 is 14.6 Å². The molecule has 0 radical (unpaired) electrons. The monoisotopic (exact) mass is 336 g/mol. The van der Waals surface area contributed by atoms with Gasteiger partial charge in [0.25, 0.3) is 0 Å². The molecular weight excluding hydrogens is 318 g/mol. The number of aryl methyl sites for hydroxylation is 1. The maximum atomic E-state index is 14.1. The van der Waals surface area contributed by atoms with Crippen LogP contribution in [0.5, 0.6) is 5.75 Å². The summed E-state index contributed by atoms with van der Waals surface area (Å²) < 4.78 is 35.3. The second-order valence-electron chi connectivity index (χ2n) is 5.70. The molecule has 8 heteroatoms. The van der Waals surface area contributed by atoms with Crippen LogP contribution in [-0.4, -0.2) is 20.7 Å². The molecule has 3 rings (SSSR count). The van der Waals surface area contributed by atoms with E-state index in [-0.39, 0.29) is 18.0 Å². The van der Waals surface area contributed by atoms with Gasteiger partial charge in [-0.25, -0.2) is 4.39 Å². The van der Waals surface area contributed by atoms with Gasteiger partial charge in [0.2, 0.25) is 11.7 Å². The maximum absolute atomic E-state index is 14.1. The van der Waals surface area contributed by atoms with Gasteiger partial charge in [-0.05, 0) is 25.0 Å². The van der Waals surface area contributed by atoms with Crippen molar-refractivity contribution >= 4 is 11.6 Å². The average Bonchev–Trinajstić information content (AvgIpc) is 2.78. The van der Waals surface area contributed by atoms with Crippen LogP contribution in [0.25, 0.3) is 0 Å². The number of hydrogen-bond acceptors (Lipinski definition) is 4. The SMILES string of the molecule is CC(=O)Nc1ccc(OCc2nnc3n2CCCCC3)c(F)c1F. The topological polar surface area (TPSA) is 69.0 Å². The van der Waals surface area contributed by atoms with E-state index in [0.29, 0.717) is 5.82 Å². The highest BCUT2D eigenvalue weighted by molar-refractivity contribution is 5.88. The third-order valence-electron chi connectivity index (χ3n) is 3.90. The normalized spacial score (nSPS) is 14.0. The Labute approximate surface area is 137 Å². The van der Waals surface area contributed by atoms with Crippen molar-refractivity contribution in [2.75, 3.05) is 5.32 Å². The van der Waals surface area contributed by atoms with Crippen molar-refractivity contribution in [2.24, 2.45) is 0 Å². The van der Waals surface area contributed by atoms with Gasteiger partial charge in [0.05, 0.1) is 5.69 Å². The third-order valence-corrected chi connectivity index (χ3v) is 3.90. The summed E-state index contributed by atoms with van der Waals surface area (Å²) >= 11 is 0. The molecule has 1 N–H and O–H groups in total. The molecule has 1 aliphatic rings. The first-order valence-electron chi connectivity index (χ1n) is 7.85. The average molecular weight is 336 g/mol. The summed E-state index contributed by atoms with van der Waals surface area (Å²) in [5.41, 5.74) is -0.219. The molecule has 0 aliphatic carbocycles. The van der Waals surface area contributed by atoms with Gasteiger partial charge in [-0.15, -0.1) is 10.2 Å². The first-order valence-corrected chi connectivity index (χ1v) is 7.85. The van der Waals surface area contributed by atoms with Crippen LogP contribution in [0.4, 0.5) is 14.5 Å². The number of nitrogens with zero attached hydrogens (tertiary/aromatic N) is 3. The van der Waals surface area contributed by atoms with Gasteiger partial charge in [-0.2, -0.15) is 4.39 Å². The second kappa shape index (κ2) is 6.94. The fourth-order valence-electron chi connectivity index (χ4n) is 2.72. The van der Waals surface area contributed by atoms with Gasteiger partial charge in [0.1, 0.15) is 12.4 Å². The van der Waals surface area contributed by atoms with Crippen LogP contribution in [0.3, 0.4) is 0 Å². The lowest BCUT2D eigenvalue weighted by Gasteiger charge is -2.11. The number of halogens is 2. The van der Waals surface area contributed by atoms with Crippen LogP contribution < -0.4 is 10.1 Å². The molecule has 24 heavy (non-hydrogen) atoms. The predicted molar refractivity (Wildman–Crippen MR) is 82.6 cm³/mol. The van der Waals surface area contributed by atoms with E-state index in [1.807, 2.05) is 4.57 Å². The predicted octanol–water partition coefficient (Wildman–Crippen LogP) is 2.82. The molecule has 1 amide bonds. The van der Waals surface area contributed by atoms with Crippen molar-refractivity contribution in [2.45, 2.75) is 45.8 Å². The summed E-state index contributed by atoms with van der Waals surface area (Å²) in [6.45, 7) is 2.03. The van der Waals surface area contributed by atoms with Gasteiger partial charge in [0, 0.05) is 19.9 Å². The summed E-state index contributed by atoms with van der Waals surface area (Å²) in [6.07, 6.45) is 4.10. The lowest BCUT2D eigenvalue weighted by Crippen LogP contribution is -2.11. The van der Waals surface area contributed by atoms with Crippen molar-refractivity contribution in [3.63, 3.8) is 0 Å². The third kappa shape index (κ3) is 3.37. The Morgan fingerprint density at radius 1 is 1.25 bits per heavy atom. The molecule has 2 aromatic rings. The number of benzene rings is 1. The number of rotatable bonds is 4. The van der Waals surface area contributed by atoms with E-state index in [1.165, 1.54) is 19.1 Å². The minimum atomic E-state index is -1.15. The zero-order chi connectivity index (χ0) is 17.1. The van der Waals surface area contributed by atoms with E-state index in [2.05, 4.69) is 15.5 Å². The van der Waals surface area contributed by atoms with E-state index >= 15 is 0 Å². The molecule has 0 spiro atoms. The molecule has 1 aromatic carbocycles. The van der Waals surface area contributed by atoms with Gasteiger partial charge in [0.15, 0.2) is 17.4 Å². The highest BCUT2D eigenvalue weighted by atomic mass is 19.2. The molecule has 0 fully saturated rings. The maximum Gasteiger partial charge on any atom is 0.221 e. The summed E-state index contributed by atoms with van der Waals surface area (Å²) in [6, 6.07) is 2.54. The Hall–Kier alpha value is -2.51. The molecule has 1 aromatic heterocycles. The summed E-state index contributed by atoms with van der Waals surface area (Å²) in [7, 11) is 0. The van der Waals surface area contributed by atoms with Gasteiger partial charge >= 0.3 is 0 Å². The first kappa shape index (κ1) is 16.4. The number of nitrogens with one attached hydrogen (secondary N) is 1. The fourth-order valence-corrected chi connectivity index (χ4v) is 2.72. The second-order valence-corrected chi connectivity index (χ2v) is 5.70. The molecule has 0 bridgehead atoms. The number of ether oxygens (including phenoxy) is 1. The molecule has 128 valence electrons. The Bertz CT molecular complexity index is 761. The standard InChI is InChI=1S/C16H18F2N4O2/c1-10(23)19-11-6-7-12(16(18)15(11)17)24-9-14-21-20-13-5-3-2-4-8-22(13)14/h6-7H,2-5,8-9H2,1H3,(H,19,23). The fraction of sp³-hybridized carbons (Fsp3) is 0.438. The van der Waals surface area contributed by atoms with Crippen LogP contribution in [-0.2, 0) is 24.4 Å². The lowest BCUT2D eigenvalue weighted by molar-refractivity contribution is -0.114. The van der Waals surface area contributed by atoms with Gasteiger partial charge in [-0.3, -0.25) is 4.79 Å². The van der Waals surface area contributed by atoms with Crippen molar-refractivity contribution in [1.29, 1.82) is 0 Å². The van der Waals surface area contributed by atoms with E-state index in [9.17, 15) is 13.6 Å². The number of fused-ring (bicyclic) bond motifs is 1. The van der Waals surface area contributed by atoms with Crippen molar-refractivity contribution < 1.29 is 18.3 Å². The molecular formula is C16H18F2N4O2. The van der Waals surface area contributed by atoms with Crippen LogP contribution in [0.1, 0.15) is 37.8 Å². The molecule has 2 heterocycles. The van der Waals surface area contributed by atoms with E-state index in [4.69, 9.17) is 4.74 Å². The minimum Gasteiger partial charge on any atom is -0.482 e. The number of anilines is 1. The zero-order valence-electron chi connectivity index (χ0n) is 13.3. The largest absolute Gasteiger partial charge is 0.482 e. The Kier molecular flexibility index (Phi) is 4.73. The Morgan fingerprint density at radius 3 is 2.88 bits per heavy atom. The lowest BCUT2D eigenvalue weighted by atomic mass is 10.2. The summed E-state index contributed by atoms with van der Waals surface area (Å²) in [4.78, 5) is 11.0. The van der Waals surface area contributed by atoms with E-state index in [0.717, 1.165) is 38.1 Å². The highest BCUT2D eigenvalue weighted by Gasteiger charge is 2.18. The van der Waals surface area contributed by atoms with Crippen LogP contribution in [0.15, 0.2) is 12.1 Å². The number of carbonyl (C=O) groups is 1. The zero-order valence-corrected chi connectivity index (χ0v) is 13.3. The molecule has 0 saturated carbocycles. The van der Waals surface area contributed by atoms with Gasteiger partial charge in [-0.1, -0.05) is 6.42 Å². The number of carbonyl (C=O) groups excluding carboxylic acids is 1. The number of aromatic nitrogens is 3. The Morgan fingerprint density at radius 2 is 2.08 bits per heavy atom. The Balaban J connectivity index is 1.74. The van der Waals surface area contributed by atoms with E-state index < -0.39 is 17.5 Å².